The lowest BCUT2D eigenvalue weighted by atomic mass is 10.1. The van der Waals surface area contributed by atoms with E-state index in [1.165, 1.54) is 6.92 Å². The Morgan fingerprint density at radius 3 is 1.55 bits per heavy atom. The highest BCUT2D eigenvalue weighted by molar-refractivity contribution is 5.89. The van der Waals surface area contributed by atoms with E-state index in [1.807, 2.05) is 121 Å². The molecule has 0 spiro atoms. The summed E-state index contributed by atoms with van der Waals surface area (Å²) in [4.78, 5) is 26.9. The van der Waals surface area contributed by atoms with Crippen LogP contribution in [-0.4, -0.2) is 5.97 Å². The lowest BCUT2D eigenvalue weighted by Gasteiger charge is -2.17. The Labute approximate surface area is 306 Å². The van der Waals surface area contributed by atoms with Gasteiger partial charge in [0.05, 0.1) is 0 Å². The quantitative estimate of drug-likeness (QED) is 0.0816. The van der Waals surface area contributed by atoms with Gasteiger partial charge in [0.2, 0.25) is 11.2 Å². The lowest BCUT2D eigenvalue weighted by Crippen LogP contribution is -2.12. The smallest absolute Gasteiger partial charge is 0.308 e. The van der Waals surface area contributed by atoms with E-state index in [1.54, 1.807) is 30.3 Å². The Balaban J connectivity index is 1.34. The van der Waals surface area contributed by atoms with Crippen molar-refractivity contribution in [3.8, 4) is 40.1 Å². The predicted octanol–water partition coefficient (Wildman–Crippen LogP) is 9.70. The summed E-state index contributed by atoms with van der Waals surface area (Å²) in [6.45, 7) is 2.15. The zero-order chi connectivity index (χ0) is 36.4. The molecule has 0 radical (unpaired) electrons. The maximum absolute atomic E-state index is 14.6. The summed E-state index contributed by atoms with van der Waals surface area (Å²) in [6.07, 6.45) is 0. The molecule has 0 atom stereocenters. The monoisotopic (exact) mass is 704 g/mol. The Morgan fingerprint density at radius 1 is 0.528 bits per heavy atom. The topological polar surface area (TPSA) is 93.4 Å². The third-order valence-electron chi connectivity index (χ3n) is 8.30. The summed E-state index contributed by atoms with van der Waals surface area (Å²) >= 11 is 0. The molecule has 8 heteroatoms. The zero-order valence-corrected chi connectivity index (χ0v) is 29.0. The molecule has 0 amide bonds. The number of hydrogen-bond donors (Lipinski definition) is 0. The first-order chi connectivity index (χ1) is 26.0. The second-order valence-corrected chi connectivity index (χ2v) is 12.2. The van der Waals surface area contributed by atoms with Crippen molar-refractivity contribution in [2.75, 3.05) is 0 Å². The van der Waals surface area contributed by atoms with Gasteiger partial charge in [-0.1, -0.05) is 121 Å². The molecule has 0 aliphatic carbocycles. The second kappa shape index (κ2) is 16.5. The second-order valence-electron chi connectivity index (χ2n) is 12.2. The molecule has 0 aliphatic heterocycles. The zero-order valence-electron chi connectivity index (χ0n) is 29.0. The van der Waals surface area contributed by atoms with Gasteiger partial charge in [-0.2, -0.15) is 0 Å². The number of benzene rings is 6. The Morgan fingerprint density at radius 2 is 1.02 bits per heavy atom. The van der Waals surface area contributed by atoms with Crippen LogP contribution in [0.4, 0.5) is 0 Å². The average molecular weight is 705 g/mol. The normalized spacial score (nSPS) is 10.8. The first-order valence-corrected chi connectivity index (χ1v) is 17.1. The number of rotatable bonds is 14. The van der Waals surface area contributed by atoms with Gasteiger partial charge >= 0.3 is 5.97 Å². The van der Waals surface area contributed by atoms with Crippen LogP contribution in [0.5, 0.6) is 28.7 Å². The minimum Gasteiger partial charge on any atom is -0.489 e. The van der Waals surface area contributed by atoms with Gasteiger partial charge in [0.1, 0.15) is 48.9 Å². The van der Waals surface area contributed by atoms with Crippen molar-refractivity contribution in [1.29, 1.82) is 0 Å². The number of ether oxygens (including phenoxy) is 5. The number of carbonyl (C=O) groups excluding carboxylic acids is 1. The van der Waals surface area contributed by atoms with E-state index < -0.39 is 11.4 Å². The van der Waals surface area contributed by atoms with Crippen LogP contribution in [0.15, 0.2) is 161 Å². The third-order valence-corrected chi connectivity index (χ3v) is 8.30. The molecule has 6 aromatic carbocycles. The van der Waals surface area contributed by atoms with Crippen molar-refractivity contribution >= 4 is 16.9 Å². The molecule has 53 heavy (non-hydrogen) atoms. The highest BCUT2D eigenvalue weighted by Gasteiger charge is 2.24. The van der Waals surface area contributed by atoms with Crippen LogP contribution >= 0.6 is 0 Å². The highest BCUT2D eigenvalue weighted by Crippen LogP contribution is 2.40. The summed E-state index contributed by atoms with van der Waals surface area (Å²) in [7, 11) is 0. The van der Waals surface area contributed by atoms with E-state index in [9.17, 15) is 9.59 Å². The van der Waals surface area contributed by atoms with Crippen molar-refractivity contribution in [2.24, 2.45) is 0 Å². The van der Waals surface area contributed by atoms with Crippen molar-refractivity contribution in [1.82, 2.24) is 0 Å². The van der Waals surface area contributed by atoms with Crippen LogP contribution in [0.3, 0.4) is 0 Å². The fourth-order valence-electron chi connectivity index (χ4n) is 5.71. The predicted molar refractivity (Wildman–Crippen MR) is 202 cm³/mol. The summed E-state index contributed by atoms with van der Waals surface area (Å²) in [5, 5.41) is 0.197. The van der Waals surface area contributed by atoms with Crippen LogP contribution in [0, 0.1) is 0 Å². The lowest BCUT2D eigenvalue weighted by molar-refractivity contribution is -0.132. The van der Waals surface area contributed by atoms with Gasteiger partial charge in [-0.3, -0.25) is 9.59 Å². The summed E-state index contributed by atoms with van der Waals surface area (Å²) in [6, 6.07) is 47.0. The van der Waals surface area contributed by atoms with Gasteiger partial charge in [0.25, 0.3) is 0 Å². The number of hydrogen-bond acceptors (Lipinski definition) is 8. The summed E-state index contributed by atoms with van der Waals surface area (Å²) in [5.74, 6) is 0.801. The standard InChI is InChI=1S/C45H36O8/c1-31(46)52-39-24-36(22-23-38(39)49-28-33-16-8-3-9-17-33)44-45(51-30-35-20-12-5-13-21-35)43(47)42-40(50-29-34-18-10-4-11-19-34)25-37(26-41(42)53-44)48-27-32-14-6-2-7-15-32/h2-26H,27-30H2,1H3. The van der Waals surface area contributed by atoms with E-state index in [-0.39, 0.29) is 60.4 Å². The molecule has 264 valence electrons. The fraction of sp³-hybridized carbons (Fsp3) is 0.111. The molecule has 0 fully saturated rings. The molecular formula is C45H36O8. The highest BCUT2D eigenvalue weighted by atomic mass is 16.6. The van der Waals surface area contributed by atoms with Gasteiger partial charge in [-0.05, 0) is 40.5 Å². The first-order valence-electron chi connectivity index (χ1n) is 17.1. The van der Waals surface area contributed by atoms with Gasteiger partial charge in [0.15, 0.2) is 17.3 Å². The first kappa shape index (κ1) is 34.6. The number of carbonyl (C=O) groups is 1. The van der Waals surface area contributed by atoms with E-state index >= 15 is 0 Å². The molecule has 7 aromatic rings. The summed E-state index contributed by atoms with van der Waals surface area (Å²) < 4.78 is 37.1. The van der Waals surface area contributed by atoms with E-state index in [2.05, 4.69) is 0 Å². The molecule has 0 aliphatic rings. The molecule has 0 saturated heterocycles. The van der Waals surface area contributed by atoms with Gasteiger partial charge < -0.3 is 28.1 Å². The molecule has 7 rings (SSSR count). The molecule has 0 saturated carbocycles. The maximum atomic E-state index is 14.6. The van der Waals surface area contributed by atoms with Crippen molar-refractivity contribution in [3.05, 3.63) is 184 Å². The average Bonchev–Trinajstić information content (AvgIpc) is 3.19. The number of fused-ring (bicyclic) bond motifs is 1. The molecule has 0 unspecified atom stereocenters. The van der Waals surface area contributed by atoms with Crippen LogP contribution in [0.1, 0.15) is 29.2 Å². The largest absolute Gasteiger partial charge is 0.489 e. The Bertz CT molecular complexity index is 2360. The van der Waals surface area contributed by atoms with Gasteiger partial charge in [-0.15, -0.1) is 0 Å². The molecule has 0 N–H and O–H groups in total. The SMILES string of the molecule is CC(=O)Oc1cc(-c2oc3cc(OCc4ccccc4)cc(OCc4ccccc4)c3c(=O)c2OCc2ccccc2)ccc1OCc1ccccc1. The van der Waals surface area contributed by atoms with Crippen molar-refractivity contribution in [3.63, 3.8) is 0 Å². The molecule has 1 aromatic heterocycles. The van der Waals surface area contributed by atoms with Crippen LogP contribution in [0.25, 0.3) is 22.3 Å². The van der Waals surface area contributed by atoms with Gasteiger partial charge in [0, 0.05) is 24.6 Å². The minimum atomic E-state index is -0.535. The maximum Gasteiger partial charge on any atom is 0.308 e. The molecule has 8 nitrogen and oxygen atoms in total. The van der Waals surface area contributed by atoms with Crippen molar-refractivity contribution in [2.45, 2.75) is 33.4 Å². The molecule has 0 bridgehead atoms. The van der Waals surface area contributed by atoms with Crippen LogP contribution in [0.2, 0.25) is 0 Å². The Kier molecular flexibility index (Phi) is 10.8. The molecular weight excluding hydrogens is 668 g/mol. The van der Waals surface area contributed by atoms with E-state index in [0.29, 0.717) is 17.1 Å². The van der Waals surface area contributed by atoms with Crippen LogP contribution in [-0.2, 0) is 31.2 Å². The third kappa shape index (κ3) is 8.75. The van der Waals surface area contributed by atoms with Crippen molar-refractivity contribution < 1.29 is 32.9 Å². The molecule has 1 heterocycles. The van der Waals surface area contributed by atoms with Gasteiger partial charge in [-0.25, -0.2) is 0 Å². The summed E-state index contributed by atoms with van der Waals surface area (Å²) in [5.41, 5.74) is 3.91. The minimum absolute atomic E-state index is 0.0319. The number of esters is 1. The van der Waals surface area contributed by atoms with E-state index in [4.69, 9.17) is 28.1 Å². The van der Waals surface area contributed by atoms with Crippen LogP contribution < -0.4 is 29.1 Å². The van der Waals surface area contributed by atoms with E-state index in [0.717, 1.165) is 22.3 Å². The fourth-order valence-corrected chi connectivity index (χ4v) is 5.71. The Hall–Kier alpha value is -6.80.